The maximum Gasteiger partial charge on any atom is 0.174 e. The van der Waals surface area contributed by atoms with Gasteiger partial charge in [-0.25, -0.2) is 0 Å². The highest BCUT2D eigenvalue weighted by atomic mass is 32.1. The monoisotopic (exact) mass is 404 g/mol. The van der Waals surface area contributed by atoms with Crippen molar-refractivity contribution in [3.05, 3.63) is 83.9 Å². The lowest BCUT2D eigenvalue weighted by atomic mass is 9.98. The van der Waals surface area contributed by atoms with E-state index in [0.717, 1.165) is 16.5 Å². The molecule has 0 spiro atoms. The summed E-state index contributed by atoms with van der Waals surface area (Å²) in [5.41, 5.74) is 4.66. The van der Waals surface area contributed by atoms with Crippen LogP contribution in [-0.2, 0) is 0 Å². The van der Waals surface area contributed by atoms with E-state index in [-0.39, 0.29) is 12.1 Å². The number of hydrogen-bond donors (Lipinski definition) is 1. The first-order valence-electron chi connectivity index (χ1n) is 10.2. The fraction of sp³-hybridized carbons (Fsp3) is 0.333. The molecule has 1 fully saturated rings. The molecule has 1 aliphatic heterocycles. The van der Waals surface area contributed by atoms with E-state index in [2.05, 4.69) is 96.3 Å². The van der Waals surface area contributed by atoms with Crippen LogP contribution in [0.15, 0.2) is 67.1 Å². The van der Waals surface area contributed by atoms with E-state index in [1.165, 1.54) is 11.1 Å². The van der Waals surface area contributed by atoms with Gasteiger partial charge in [-0.3, -0.25) is 4.98 Å². The van der Waals surface area contributed by atoms with Crippen LogP contribution in [0.3, 0.4) is 0 Å². The number of rotatable bonds is 5. The number of thiocarbonyl (C=S) groups is 1. The Kier molecular flexibility index (Phi) is 5.41. The maximum absolute atomic E-state index is 5.80. The van der Waals surface area contributed by atoms with Crippen molar-refractivity contribution in [2.75, 3.05) is 4.90 Å². The van der Waals surface area contributed by atoms with Gasteiger partial charge >= 0.3 is 0 Å². The van der Waals surface area contributed by atoms with Crippen molar-refractivity contribution >= 4 is 23.0 Å². The standard InChI is InChI=1S/C24H28N4S/c1-16(2)18-8-10-20(11-9-18)28-23(19-12-14-27(15-19)17(3)4)22(26-24(28)29)21-7-5-6-13-25-21/h5-17,22-23H,1-4H3,(H,26,29)/t22-,23+/m0/s1. The van der Waals surface area contributed by atoms with E-state index in [1.807, 2.05) is 18.3 Å². The number of nitrogens with one attached hydrogen (secondary N) is 1. The first-order chi connectivity index (χ1) is 14.0. The molecule has 0 bridgehead atoms. The van der Waals surface area contributed by atoms with Crippen molar-refractivity contribution in [3.63, 3.8) is 0 Å². The fourth-order valence-electron chi connectivity index (χ4n) is 3.92. The fourth-order valence-corrected chi connectivity index (χ4v) is 4.26. The molecule has 1 aromatic carbocycles. The van der Waals surface area contributed by atoms with E-state index in [4.69, 9.17) is 12.2 Å². The van der Waals surface area contributed by atoms with Crippen LogP contribution in [0.5, 0.6) is 0 Å². The zero-order chi connectivity index (χ0) is 20.5. The number of benzene rings is 1. The molecule has 3 aromatic rings. The average molecular weight is 405 g/mol. The van der Waals surface area contributed by atoms with Gasteiger partial charge < -0.3 is 14.8 Å². The quantitative estimate of drug-likeness (QED) is 0.548. The van der Waals surface area contributed by atoms with Crippen LogP contribution >= 0.6 is 12.2 Å². The molecule has 1 N–H and O–H groups in total. The van der Waals surface area contributed by atoms with E-state index in [1.54, 1.807) is 0 Å². The summed E-state index contributed by atoms with van der Waals surface area (Å²) in [7, 11) is 0. The Morgan fingerprint density at radius 3 is 2.34 bits per heavy atom. The molecule has 29 heavy (non-hydrogen) atoms. The topological polar surface area (TPSA) is 33.1 Å². The Morgan fingerprint density at radius 2 is 1.76 bits per heavy atom. The van der Waals surface area contributed by atoms with Crippen molar-refractivity contribution < 1.29 is 0 Å². The van der Waals surface area contributed by atoms with Crippen molar-refractivity contribution in [2.24, 2.45) is 0 Å². The molecule has 4 nitrogen and oxygen atoms in total. The molecule has 0 saturated carbocycles. The van der Waals surface area contributed by atoms with Gasteiger partial charge in [-0.2, -0.15) is 0 Å². The summed E-state index contributed by atoms with van der Waals surface area (Å²) in [6.45, 7) is 8.82. The van der Waals surface area contributed by atoms with E-state index in [9.17, 15) is 0 Å². The Morgan fingerprint density at radius 1 is 1.00 bits per heavy atom. The Balaban J connectivity index is 1.78. The summed E-state index contributed by atoms with van der Waals surface area (Å²) in [5, 5.41) is 4.27. The Labute approximate surface area is 178 Å². The lowest BCUT2D eigenvalue weighted by Gasteiger charge is -2.27. The van der Waals surface area contributed by atoms with Crippen LogP contribution in [-0.4, -0.2) is 14.7 Å². The summed E-state index contributed by atoms with van der Waals surface area (Å²) < 4.78 is 2.24. The van der Waals surface area contributed by atoms with Crippen LogP contribution in [0.2, 0.25) is 0 Å². The van der Waals surface area contributed by atoms with E-state index >= 15 is 0 Å². The average Bonchev–Trinajstić information content (AvgIpc) is 3.33. The minimum Gasteiger partial charge on any atom is -0.351 e. The molecule has 4 rings (SSSR count). The number of aromatic nitrogens is 2. The van der Waals surface area contributed by atoms with Crippen LogP contribution in [0.25, 0.3) is 0 Å². The first kappa shape index (κ1) is 19.6. The lowest BCUT2D eigenvalue weighted by molar-refractivity contribution is 0.560. The molecule has 0 aliphatic carbocycles. The second kappa shape index (κ2) is 7.99. The third-order valence-corrected chi connectivity index (χ3v) is 5.93. The molecule has 0 amide bonds. The van der Waals surface area contributed by atoms with Crippen LogP contribution in [0.1, 0.15) is 68.6 Å². The van der Waals surface area contributed by atoms with Gasteiger partial charge in [-0.1, -0.05) is 32.0 Å². The highest BCUT2D eigenvalue weighted by Gasteiger charge is 2.41. The zero-order valence-electron chi connectivity index (χ0n) is 17.4. The summed E-state index contributed by atoms with van der Waals surface area (Å²) in [6, 6.07) is 17.5. The van der Waals surface area contributed by atoms with Crippen LogP contribution < -0.4 is 10.2 Å². The predicted molar refractivity (Wildman–Crippen MR) is 123 cm³/mol. The van der Waals surface area contributed by atoms with Crippen molar-refractivity contribution in [2.45, 2.75) is 51.7 Å². The summed E-state index contributed by atoms with van der Waals surface area (Å²) in [5.74, 6) is 0.504. The largest absolute Gasteiger partial charge is 0.351 e. The van der Waals surface area contributed by atoms with Crippen molar-refractivity contribution in [1.29, 1.82) is 0 Å². The van der Waals surface area contributed by atoms with Gasteiger partial charge in [0.05, 0.1) is 17.8 Å². The SMILES string of the molecule is CC(C)c1ccc(N2C(=S)N[C@@H](c3ccccn3)[C@H]2c2ccn(C(C)C)c2)cc1. The molecular formula is C24H28N4S. The molecule has 5 heteroatoms. The summed E-state index contributed by atoms with van der Waals surface area (Å²) in [4.78, 5) is 6.86. The van der Waals surface area contributed by atoms with Gasteiger partial charge in [0, 0.05) is 30.3 Å². The molecule has 2 aromatic heterocycles. The van der Waals surface area contributed by atoms with Gasteiger partial charge in [0.15, 0.2) is 5.11 Å². The van der Waals surface area contributed by atoms with Crippen molar-refractivity contribution in [1.82, 2.24) is 14.9 Å². The van der Waals surface area contributed by atoms with Gasteiger partial charge in [0.1, 0.15) is 0 Å². The molecule has 1 aliphatic rings. The first-order valence-corrected chi connectivity index (χ1v) is 10.6. The predicted octanol–water partition coefficient (Wildman–Crippen LogP) is 5.76. The molecule has 3 heterocycles. The number of pyridine rings is 1. The van der Waals surface area contributed by atoms with Crippen LogP contribution in [0.4, 0.5) is 5.69 Å². The molecule has 150 valence electrons. The Hall–Kier alpha value is -2.66. The van der Waals surface area contributed by atoms with Crippen LogP contribution in [0, 0.1) is 0 Å². The third kappa shape index (κ3) is 3.79. The Bertz CT molecular complexity index is 976. The normalized spacial score (nSPS) is 19.2. The van der Waals surface area contributed by atoms with E-state index < -0.39 is 0 Å². The highest BCUT2D eigenvalue weighted by Crippen LogP contribution is 2.41. The minimum absolute atomic E-state index is 0.00325. The third-order valence-electron chi connectivity index (χ3n) is 5.61. The van der Waals surface area contributed by atoms with Gasteiger partial charge in [0.2, 0.25) is 0 Å². The van der Waals surface area contributed by atoms with Gasteiger partial charge in [-0.15, -0.1) is 0 Å². The molecule has 0 unspecified atom stereocenters. The van der Waals surface area contributed by atoms with Gasteiger partial charge in [-0.05, 0) is 73.4 Å². The molecule has 1 saturated heterocycles. The zero-order valence-corrected chi connectivity index (χ0v) is 18.2. The summed E-state index contributed by atoms with van der Waals surface area (Å²) in [6.07, 6.45) is 6.23. The number of hydrogen-bond acceptors (Lipinski definition) is 2. The molecular weight excluding hydrogens is 376 g/mol. The van der Waals surface area contributed by atoms with Crippen molar-refractivity contribution in [3.8, 4) is 0 Å². The highest BCUT2D eigenvalue weighted by molar-refractivity contribution is 7.80. The second-order valence-corrected chi connectivity index (χ2v) is 8.62. The minimum atomic E-state index is -0.00325. The maximum atomic E-state index is 5.80. The smallest absolute Gasteiger partial charge is 0.174 e. The van der Waals surface area contributed by atoms with Gasteiger partial charge in [0.25, 0.3) is 0 Å². The van der Waals surface area contributed by atoms with E-state index in [0.29, 0.717) is 12.0 Å². The molecule has 0 radical (unpaired) electrons. The number of anilines is 1. The lowest BCUT2D eigenvalue weighted by Crippen LogP contribution is -2.29. The number of nitrogens with zero attached hydrogens (tertiary/aromatic N) is 3. The second-order valence-electron chi connectivity index (χ2n) is 8.23. The summed E-state index contributed by atoms with van der Waals surface area (Å²) >= 11 is 5.80. The molecule has 2 atom stereocenters.